The molecule has 0 amide bonds. The Balaban J connectivity index is 1.88. The minimum absolute atomic E-state index is 0.00162. The molecule has 8 heteroatoms. The Morgan fingerprint density at radius 3 is 2.21 bits per heavy atom. The Morgan fingerprint density at radius 2 is 1.59 bits per heavy atom. The fourth-order valence-corrected chi connectivity index (χ4v) is 4.82. The van der Waals surface area contributed by atoms with E-state index in [0.29, 0.717) is 32.1 Å². The highest BCUT2D eigenvalue weighted by Gasteiger charge is 2.38. The first kappa shape index (κ1) is 24.1. The quantitative estimate of drug-likeness (QED) is 0.215. The Hall–Kier alpha value is -2.99. The van der Waals surface area contributed by atoms with Gasteiger partial charge < -0.3 is 14.2 Å². The molecule has 2 aromatic carbocycles. The van der Waals surface area contributed by atoms with E-state index in [0.717, 1.165) is 22.6 Å². The van der Waals surface area contributed by atoms with Gasteiger partial charge in [0.1, 0.15) is 5.57 Å². The van der Waals surface area contributed by atoms with Gasteiger partial charge in [-0.2, -0.15) is 0 Å². The van der Waals surface area contributed by atoms with Gasteiger partial charge in [0.25, 0.3) is 0 Å². The topological polar surface area (TPSA) is 51.5 Å². The van der Waals surface area contributed by atoms with Crippen LogP contribution >= 0.6 is 34.8 Å². The molecule has 0 aliphatic carbocycles. The molecule has 0 saturated heterocycles. The number of anilines is 1. The Labute approximate surface area is 212 Å². The van der Waals surface area contributed by atoms with Gasteiger partial charge in [0, 0.05) is 32.8 Å². The SMILES string of the molecule is COC(=O)C1=C(C)N(c2ccc(Cl)cc2)C(=Cc2cc(C)n(-c3ccc(Cl)cc3Cl)c2C)C1=O. The second-order valence-electron chi connectivity index (χ2n) is 7.88. The van der Waals surface area contributed by atoms with Crippen molar-refractivity contribution in [1.82, 2.24) is 4.57 Å². The van der Waals surface area contributed by atoms with Gasteiger partial charge in [-0.1, -0.05) is 34.8 Å². The number of ether oxygens (including phenoxy) is 1. The number of esters is 1. The maximum absolute atomic E-state index is 13.4. The maximum atomic E-state index is 13.4. The zero-order valence-corrected chi connectivity index (χ0v) is 21.2. The summed E-state index contributed by atoms with van der Waals surface area (Å²) < 4.78 is 6.88. The summed E-state index contributed by atoms with van der Waals surface area (Å²) in [4.78, 5) is 27.6. The summed E-state index contributed by atoms with van der Waals surface area (Å²) in [7, 11) is 1.26. The lowest BCUT2D eigenvalue weighted by Gasteiger charge is -2.21. The zero-order chi connectivity index (χ0) is 24.7. The molecule has 1 aliphatic rings. The van der Waals surface area contributed by atoms with E-state index in [9.17, 15) is 9.59 Å². The highest BCUT2D eigenvalue weighted by Crippen LogP contribution is 2.37. The number of allylic oxidation sites excluding steroid dienone is 2. The molecule has 0 radical (unpaired) electrons. The van der Waals surface area contributed by atoms with Gasteiger partial charge >= 0.3 is 5.97 Å². The minimum atomic E-state index is -0.678. The second kappa shape index (κ2) is 9.34. The minimum Gasteiger partial charge on any atom is -0.465 e. The van der Waals surface area contributed by atoms with Crippen LogP contribution in [0, 0.1) is 13.8 Å². The number of nitrogens with zero attached hydrogens (tertiary/aromatic N) is 2. The van der Waals surface area contributed by atoms with Crippen LogP contribution in [0.4, 0.5) is 5.69 Å². The van der Waals surface area contributed by atoms with Crippen LogP contribution in [-0.2, 0) is 14.3 Å². The van der Waals surface area contributed by atoms with Crippen LogP contribution in [0.25, 0.3) is 11.8 Å². The molecule has 0 unspecified atom stereocenters. The van der Waals surface area contributed by atoms with Gasteiger partial charge in [0.15, 0.2) is 0 Å². The van der Waals surface area contributed by atoms with Crippen LogP contribution in [0.15, 0.2) is 65.5 Å². The number of aryl methyl sites for hydroxylation is 1. The Morgan fingerprint density at radius 1 is 0.941 bits per heavy atom. The lowest BCUT2D eigenvalue weighted by molar-refractivity contribution is -0.137. The maximum Gasteiger partial charge on any atom is 0.343 e. The van der Waals surface area contributed by atoms with E-state index in [-0.39, 0.29) is 5.57 Å². The van der Waals surface area contributed by atoms with Crippen molar-refractivity contribution >= 4 is 58.3 Å². The molecule has 3 aromatic rings. The lowest BCUT2D eigenvalue weighted by Crippen LogP contribution is -2.18. The largest absolute Gasteiger partial charge is 0.465 e. The number of Topliss-reactive ketones (excluding diaryl/α,β-unsaturated/α-hetero) is 1. The third kappa shape index (κ3) is 4.16. The molecule has 2 heterocycles. The molecule has 0 bridgehead atoms. The summed E-state index contributed by atoms with van der Waals surface area (Å²) in [6, 6.07) is 14.3. The summed E-state index contributed by atoms with van der Waals surface area (Å²) in [5.41, 5.74) is 4.92. The van der Waals surface area contributed by atoms with Crippen molar-refractivity contribution in [2.24, 2.45) is 0 Å². The molecule has 0 spiro atoms. The summed E-state index contributed by atoms with van der Waals surface area (Å²) in [6.45, 7) is 5.62. The van der Waals surface area contributed by atoms with E-state index in [2.05, 4.69) is 0 Å². The molecule has 0 N–H and O–H groups in total. The van der Waals surface area contributed by atoms with Crippen molar-refractivity contribution < 1.29 is 14.3 Å². The normalized spacial score (nSPS) is 15.0. The first-order valence-corrected chi connectivity index (χ1v) is 11.5. The van der Waals surface area contributed by atoms with Crippen molar-refractivity contribution in [2.45, 2.75) is 20.8 Å². The van der Waals surface area contributed by atoms with Crippen molar-refractivity contribution in [3.63, 3.8) is 0 Å². The number of carbonyl (C=O) groups excluding carboxylic acids is 2. The molecule has 0 saturated carbocycles. The Bertz CT molecular complexity index is 1390. The number of halogens is 3. The van der Waals surface area contributed by atoms with E-state index in [4.69, 9.17) is 39.5 Å². The van der Waals surface area contributed by atoms with Crippen LogP contribution < -0.4 is 4.90 Å². The highest BCUT2D eigenvalue weighted by atomic mass is 35.5. The van der Waals surface area contributed by atoms with Crippen molar-refractivity contribution in [1.29, 1.82) is 0 Å². The van der Waals surface area contributed by atoms with E-state index in [1.807, 2.05) is 30.5 Å². The smallest absolute Gasteiger partial charge is 0.343 e. The zero-order valence-electron chi connectivity index (χ0n) is 18.9. The van der Waals surface area contributed by atoms with E-state index < -0.39 is 11.8 Å². The van der Waals surface area contributed by atoms with Crippen molar-refractivity contribution in [3.8, 4) is 5.69 Å². The molecule has 34 heavy (non-hydrogen) atoms. The molecule has 1 aromatic heterocycles. The second-order valence-corrected chi connectivity index (χ2v) is 9.16. The fraction of sp³-hybridized carbons (Fsp3) is 0.154. The number of rotatable bonds is 4. The predicted octanol–water partition coefficient (Wildman–Crippen LogP) is 6.93. The third-order valence-electron chi connectivity index (χ3n) is 5.79. The summed E-state index contributed by atoms with van der Waals surface area (Å²) in [6.07, 6.45) is 1.78. The van der Waals surface area contributed by atoms with E-state index >= 15 is 0 Å². The van der Waals surface area contributed by atoms with Crippen LogP contribution in [0.1, 0.15) is 23.9 Å². The van der Waals surface area contributed by atoms with Crippen LogP contribution in [0.3, 0.4) is 0 Å². The van der Waals surface area contributed by atoms with Crippen LogP contribution in [0.5, 0.6) is 0 Å². The van der Waals surface area contributed by atoms with Gasteiger partial charge in [0.2, 0.25) is 5.78 Å². The number of hydrogen-bond acceptors (Lipinski definition) is 4. The number of methoxy groups -OCH3 is 1. The van der Waals surface area contributed by atoms with Gasteiger partial charge in [-0.15, -0.1) is 0 Å². The molecule has 0 fully saturated rings. The predicted molar refractivity (Wildman–Crippen MR) is 137 cm³/mol. The number of ketones is 1. The summed E-state index contributed by atoms with van der Waals surface area (Å²) in [5.74, 6) is -1.09. The molecule has 5 nitrogen and oxygen atoms in total. The number of aromatic nitrogens is 1. The first-order chi connectivity index (χ1) is 16.1. The number of carbonyl (C=O) groups is 2. The van der Waals surface area contributed by atoms with Gasteiger partial charge in [0.05, 0.1) is 23.5 Å². The monoisotopic (exact) mass is 514 g/mol. The average molecular weight is 516 g/mol. The molecular weight excluding hydrogens is 495 g/mol. The highest BCUT2D eigenvalue weighted by molar-refractivity contribution is 6.36. The molecule has 0 atom stereocenters. The van der Waals surface area contributed by atoms with E-state index in [1.165, 1.54) is 7.11 Å². The molecule has 4 rings (SSSR count). The van der Waals surface area contributed by atoms with Crippen molar-refractivity contribution in [2.75, 3.05) is 12.0 Å². The van der Waals surface area contributed by atoms with E-state index in [1.54, 1.807) is 54.3 Å². The van der Waals surface area contributed by atoms with Crippen molar-refractivity contribution in [3.05, 3.63) is 97.5 Å². The van der Waals surface area contributed by atoms with Gasteiger partial charge in [-0.05, 0) is 80.9 Å². The summed E-state index contributed by atoms with van der Waals surface area (Å²) in [5, 5.41) is 1.63. The Kier molecular flexibility index (Phi) is 6.63. The lowest BCUT2D eigenvalue weighted by atomic mass is 10.1. The first-order valence-electron chi connectivity index (χ1n) is 10.4. The third-order valence-corrected chi connectivity index (χ3v) is 6.58. The van der Waals surface area contributed by atoms with Gasteiger partial charge in [-0.3, -0.25) is 4.79 Å². The summed E-state index contributed by atoms with van der Waals surface area (Å²) >= 11 is 18.6. The number of hydrogen-bond donors (Lipinski definition) is 0. The molecular formula is C26H21Cl3N2O3. The average Bonchev–Trinajstić information content (AvgIpc) is 3.20. The van der Waals surface area contributed by atoms with Crippen LogP contribution in [0.2, 0.25) is 15.1 Å². The molecule has 1 aliphatic heterocycles. The van der Waals surface area contributed by atoms with Crippen LogP contribution in [-0.4, -0.2) is 23.4 Å². The molecule has 174 valence electrons. The van der Waals surface area contributed by atoms with Gasteiger partial charge in [-0.25, -0.2) is 4.79 Å². The number of benzene rings is 2. The standard InChI is InChI=1S/C26H21Cl3N2O3/c1-14-11-17(15(2)30(14)22-10-7-19(28)13-21(22)29)12-23-25(32)24(26(33)34-4)16(3)31(23)20-8-5-18(27)6-9-20/h5-13H,1-4H3. The fourth-order valence-electron chi connectivity index (χ4n) is 4.20.